The van der Waals surface area contributed by atoms with Gasteiger partial charge in [0.1, 0.15) is 5.82 Å². The fourth-order valence-electron chi connectivity index (χ4n) is 1.52. The fraction of sp³-hybridized carbons (Fsp3) is 0.538. The highest BCUT2D eigenvalue weighted by atomic mass is 19.1. The minimum Gasteiger partial charge on any atom is -0.324 e. The highest BCUT2D eigenvalue weighted by molar-refractivity contribution is 5.25. The SMILES string of the molecule is Cc1ccc([C@@H](N)CCC(C)C)cc1F. The molecule has 0 heterocycles. The van der Waals surface area contributed by atoms with Crippen LogP contribution in [0.3, 0.4) is 0 Å². The molecule has 0 spiro atoms. The summed E-state index contributed by atoms with van der Waals surface area (Å²) in [5.74, 6) is 0.485. The zero-order chi connectivity index (χ0) is 11.4. The van der Waals surface area contributed by atoms with Crippen LogP contribution in [0, 0.1) is 18.7 Å². The van der Waals surface area contributed by atoms with Gasteiger partial charge in [-0.25, -0.2) is 4.39 Å². The second kappa shape index (κ2) is 5.26. The predicted octanol–water partition coefficient (Wildman–Crippen LogP) is 3.57. The molecule has 0 aliphatic carbocycles. The van der Waals surface area contributed by atoms with Crippen molar-refractivity contribution < 1.29 is 4.39 Å². The lowest BCUT2D eigenvalue weighted by Gasteiger charge is -2.14. The van der Waals surface area contributed by atoms with Gasteiger partial charge in [-0.2, -0.15) is 0 Å². The van der Waals surface area contributed by atoms with Crippen LogP contribution in [0.4, 0.5) is 4.39 Å². The molecular weight excluding hydrogens is 189 g/mol. The number of rotatable bonds is 4. The van der Waals surface area contributed by atoms with Gasteiger partial charge in [0.05, 0.1) is 0 Å². The molecule has 0 saturated heterocycles. The van der Waals surface area contributed by atoms with E-state index < -0.39 is 0 Å². The zero-order valence-corrected chi connectivity index (χ0v) is 9.76. The lowest BCUT2D eigenvalue weighted by atomic mass is 9.97. The second-order valence-corrected chi connectivity index (χ2v) is 4.59. The molecule has 84 valence electrons. The molecule has 0 unspecified atom stereocenters. The third-order valence-electron chi connectivity index (χ3n) is 2.68. The van der Waals surface area contributed by atoms with Crippen LogP contribution in [0.2, 0.25) is 0 Å². The molecule has 1 nitrogen and oxygen atoms in total. The van der Waals surface area contributed by atoms with Crippen molar-refractivity contribution >= 4 is 0 Å². The summed E-state index contributed by atoms with van der Waals surface area (Å²) in [7, 11) is 0. The summed E-state index contributed by atoms with van der Waals surface area (Å²) in [5.41, 5.74) is 7.57. The first-order chi connectivity index (χ1) is 7.00. The Bertz CT molecular complexity index is 320. The van der Waals surface area contributed by atoms with Gasteiger partial charge in [-0.05, 0) is 42.9 Å². The van der Waals surface area contributed by atoms with Crippen LogP contribution in [-0.4, -0.2) is 0 Å². The van der Waals surface area contributed by atoms with E-state index in [1.807, 2.05) is 6.07 Å². The van der Waals surface area contributed by atoms with Crippen LogP contribution in [0.15, 0.2) is 18.2 Å². The number of aryl methyl sites for hydroxylation is 1. The largest absolute Gasteiger partial charge is 0.324 e. The molecule has 2 heteroatoms. The number of halogens is 1. The molecule has 0 radical (unpaired) electrons. The van der Waals surface area contributed by atoms with E-state index in [4.69, 9.17) is 5.73 Å². The predicted molar refractivity (Wildman–Crippen MR) is 62.1 cm³/mol. The summed E-state index contributed by atoms with van der Waals surface area (Å²) in [6, 6.07) is 5.23. The Morgan fingerprint density at radius 3 is 2.47 bits per heavy atom. The minimum atomic E-state index is -0.160. The number of hydrogen-bond acceptors (Lipinski definition) is 1. The maximum absolute atomic E-state index is 13.3. The van der Waals surface area contributed by atoms with Gasteiger partial charge in [-0.1, -0.05) is 26.0 Å². The van der Waals surface area contributed by atoms with Crippen molar-refractivity contribution in [1.82, 2.24) is 0 Å². The Morgan fingerprint density at radius 1 is 1.27 bits per heavy atom. The van der Waals surface area contributed by atoms with E-state index in [2.05, 4.69) is 13.8 Å². The zero-order valence-electron chi connectivity index (χ0n) is 9.76. The molecule has 2 N–H and O–H groups in total. The molecule has 0 fully saturated rings. The Kier molecular flexibility index (Phi) is 4.28. The first-order valence-electron chi connectivity index (χ1n) is 5.52. The van der Waals surface area contributed by atoms with Crippen LogP contribution < -0.4 is 5.73 Å². The molecule has 0 aliphatic heterocycles. The first kappa shape index (κ1) is 12.2. The van der Waals surface area contributed by atoms with E-state index >= 15 is 0 Å². The van der Waals surface area contributed by atoms with Crippen LogP contribution in [0.1, 0.15) is 43.9 Å². The van der Waals surface area contributed by atoms with Crippen LogP contribution in [0.5, 0.6) is 0 Å². The quantitative estimate of drug-likeness (QED) is 0.806. The van der Waals surface area contributed by atoms with Gasteiger partial charge < -0.3 is 5.73 Å². The number of nitrogens with two attached hydrogens (primary N) is 1. The third-order valence-corrected chi connectivity index (χ3v) is 2.68. The van der Waals surface area contributed by atoms with E-state index in [1.165, 1.54) is 0 Å². The van der Waals surface area contributed by atoms with Crippen LogP contribution in [0.25, 0.3) is 0 Å². The molecule has 0 bridgehead atoms. The Hall–Kier alpha value is -0.890. The summed E-state index contributed by atoms with van der Waals surface area (Å²) < 4.78 is 13.3. The van der Waals surface area contributed by atoms with Gasteiger partial charge >= 0.3 is 0 Å². The van der Waals surface area contributed by atoms with E-state index in [0.29, 0.717) is 11.5 Å². The average Bonchev–Trinajstić information content (AvgIpc) is 2.18. The van der Waals surface area contributed by atoms with Crippen molar-refractivity contribution in [2.24, 2.45) is 11.7 Å². The molecule has 1 atom stereocenters. The van der Waals surface area contributed by atoms with Crippen LogP contribution >= 0.6 is 0 Å². The Labute approximate surface area is 91.5 Å². The maximum Gasteiger partial charge on any atom is 0.126 e. The summed E-state index contributed by atoms with van der Waals surface area (Å²) in [5, 5.41) is 0. The Morgan fingerprint density at radius 2 is 1.93 bits per heavy atom. The molecule has 15 heavy (non-hydrogen) atoms. The minimum absolute atomic E-state index is 0.0394. The van der Waals surface area contributed by atoms with Crippen molar-refractivity contribution in [3.8, 4) is 0 Å². The van der Waals surface area contributed by atoms with Gasteiger partial charge in [0.15, 0.2) is 0 Å². The van der Waals surface area contributed by atoms with E-state index in [1.54, 1.807) is 19.1 Å². The van der Waals surface area contributed by atoms with Crippen molar-refractivity contribution in [3.63, 3.8) is 0 Å². The molecule has 0 saturated carbocycles. The number of benzene rings is 1. The van der Waals surface area contributed by atoms with Crippen molar-refractivity contribution in [2.45, 2.75) is 39.7 Å². The normalized spacial score (nSPS) is 13.2. The van der Waals surface area contributed by atoms with E-state index in [9.17, 15) is 4.39 Å². The van der Waals surface area contributed by atoms with Crippen molar-refractivity contribution in [3.05, 3.63) is 35.1 Å². The Balaban J connectivity index is 2.65. The number of hydrogen-bond donors (Lipinski definition) is 1. The first-order valence-corrected chi connectivity index (χ1v) is 5.52. The lowest BCUT2D eigenvalue weighted by molar-refractivity contribution is 0.505. The lowest BCUT2D eigenvalue weighted by Crippen LogP contribution is -2.11. The molecule has 1 aromatic carbocycles. The van der Waals surface area contributed by atoms with E-state index in [-0.39, 0.29) is 11.9 Å². The third kappa shape index (κ3) is 3.63. The van der Waals surface area contributed by atoms with Crippen molar-refractivity contribution in [1.29, 1.82) is 0 Å². The van der Waals surface area contributed by atoms with Crippen LogP contribution in [-0.2, 0) is 0 Å². The average molecular weight is 209 g/mol. The molecule has 1 rings (SSSR count). The molecular formula is C13H20FN. The molecule has 0 aromatic heterocycles. The highest BCUT2D eigenvalue weighted by Gasteiger charge is 2.08. The van der Waals surface area contributed by atoms with Gasteiger partial charge in [-0.3, -0.25) is 0 Å². The molecule has 1 aromatic rings. The summed E-state index contributed by atoms with van der Waals surface area (Å²) in [6.07, 6.45) is 2.00. The fourth-order valence-corrected chi connectivity index (χ4v) is 1.52. The summed E-state index contributed by atoms with van der Waals surface area (Å²) >= 11 is 0. The highest BCUT2D eigenvalue weighted by Crippen LogP contribution is 2.20. The summed E-state index contributed by atoms with van der Waals surface area (Å²) in [6.45, 7) is 6.10. The van der Waals surface area contributed by atoms with Crippen molar-refractivity contribution in [2.75, 3.05) is 0 Å². The van der Waals surface area contributed by atoms with E-state index in [0.717, 1.165) is 18.4 Å². The maximum atomic E-state index is 13.3. The molecule has 0 amide bonds. The van der Waals surface area contributed by atoms with Gasteiger partial charge in [0.25, 0.3) is 0 Å². The van der Waals surface area contributed by atoms with Gasteiger partial charge in [0, 0.05) is 6.04 Å². The van der Waals surface area contributed by atoms with Gasteiger partial charge in [0.2, 0.25) is 0 Å². The second-order valence-electron chi connectivity index (χ2n) is 4.59. The topological polar surface area (TPSA) is 26.0 Å². The smallest absolute Gasteiger partial charge is 0.126 e. The van der Waals surface area contributed by atoms with Gasteiger partial charge in [-0.15, -0.1) is 0 Å². The molecule has 0 aliphatic rings. The summed E-state index contributed by atoms with van der Waals surface area (Å²) in [4.78, 5) is 0. The monoisotopic (exact) mass is 209 g/mol. The standard InChI is InChI=1S/C13H20FN/c1-9(2)4-7-13(15)11-6-5-10(3)12(14)8-11/h5-6,8-9,13H,4,7,15H2,1-3H3/t13-/m0/s1.